The lowest BCUT2D eigenvalue weighted by Crippen LogP contribution is -2.37. The lowest BCUT2D eigenvalue weighted by Gasteiger charge is -2.23. The third kappa shape index (κ3) is 3.84. The molecule has 0 radical (unpaired) electrons. The van der Waals surface area contributed by atoms with E-state index in [2.05, 4.69) is 0 Å². The molecule has 3 aromatic carbocycles. The number of rotatable bonds is 6. The van der Waals surface area contributed by atoms with Crippen LogP contribution in [0.15, 0.2) is 83.8 Å². The van der Waals surface area contributed by atoms with Crippen LogP contribution in [0.4, 0.5) is 5.69 Å². The summed E-state index contributed by atoms with van der Waals surface area (Å²) in [4.78, 5) is 13.1. The van der Waals surface area contributed by atoms with Crippen LogP contribution in [0.5, 0.6) is 11.5 Å². The van der Waals surface area contributed by atoms with Crippen LogP contribution in [0, 0.1) is 0 Å². The Morgan fingerprint density at radius 3 is 1.75 bits per heavy atom. The Hall–Kier alpha value is -3.32. The zero-order chi connectivity index (χ0) is 20.1. The van der Waals surface area contributed by atoms with Crippen molar-refractivity contribution in [3.8, 4) is 11.5 Å². The number of anilines is 1. The van der Waals surface area contributed by atoms with Crippen LogP contribution in [-0.2, 0) is 10.0 Å². The van der Waals surface area contributed by atoms with Crippen LogP contribution in [0.1, 0.15) is 10.4 Å². The number of amides is 1. The molecule has 0 saturated carbocycles. The zero-order valence-corrected chi connectivity index (χ0v) is 16.2. The molecule has 0 unspecified atom stereocenters. The molecule has 0 aliphatic heterocycles. The minimum atomic E-state index is -4.16. The molecule has 0 aliphatic rings. The summed E-state index contributed by atoms with van der Waals surface area (Å²) in [6.07, 6.45) is 0. The van der Waals surface area contributed by atoms with Crippen LogP contribution in [0.3, 0.4) is 0 Å². The van der Waals surface area contributed by atoms with Gasteiger partial charge >= 0.3 is 0 Å². The van der Waals surface area contributed by atoms with E-state index in [9.17, 15) is 13.2 Å². The fourth-order valence-electron chi connectivity index (χ4n) is 2.63. The summed E-state index contributed by atoms with van der Waals surface area (Å²) in [6, 6.07) is 20.4. The van der Waals surface area contributed by atoms with Crippen molar-refractivity contribution in [1.82, 2.24) is 0 Å². The van der Waals surface area contributed by atoms with Crippen molar-refractivity contribution < 1.29 is 22.7 Å². The molecule has 6 nitrogen and oxygen atoms in total. The van der Waals surface area contributed by atoms with E-state index in [0.29, 0.717) is 11.5 Å². The van der Waals surface area contributed by atoms with Gasteiger partial charge in [0.25, 0.3) is 15.9 Å². The van der Waals surface area contributed by atoms with Crippen molar-refractivity contribution in [2.75, 3.05) is 18.5 Å². The van der Waals surface area contributed by atoms with Crippen LogP contribution in [-0.4, -0.2) is 28.5 Å². The highest BCUT2D eigenvalue weighted by molar-refractivity contribution is 7.93. The maximum absolute atomic E-state index is 13.3. The van der Waals surface area contributed by atoms with Crippen molar-refractivity contribution in [2.24, 2.45) is 0 Å². The highest BCUT2D eigenvalue weighted by Crippen LogP contribution is 2.28. The number of hydrogen-bond donors (Lipinski definition) is 0. The van der Waals surface area contributed by atoms with Crippen LogP contribution >= 0.6 is 0 Å². The van der Waals surface area contributed by atoms with Crippen LogP contribution in [0.25, 0.3) is 0 Å². The molecule has 7 heteroatoms. The minimum absolute atomic E-state index is 0.0200. The number of nitrogens with zero attached hydrogens (tertiary/aromatic N) is 1. The fraction of sp³-hybridized carbons (Fsp3) is 0.0952. The lowest BCUT2D eigenvalue weighted by atomic mass is 10.2. The summed E-state index contributed by atoms with van der Waals surface area (Å²) in [5, 5.41) is 0. The van der Waals surface area contributed by atoms with E-state index >= 15 is 0 Å². The summed E-state index contributed by atoms with van der Waals surface area (Å²) in [5.74, 6) is 0.420. The minimum Gasteiger partial charge on any atom is -0.497 e. The Morgan fingerprint density at radius 2 is 1.25 bits per heavy atom. The van der Waals surface area contributed by atoms with Gasteiger partial charge in [-0.2, -0.15) is 4.31 Å². The smallest absolute Gasteiger partial charge is 0.272 e. The van der Waals surface area contributed by atoms with E-state index in [-0.39, 0.29) is 16.1 Å². The van der Waals surface area contributed by atoms with Crippen LogP contribution < -0.4 is 13.8 Å². The maximum atomic E-state index is 13.3. The van der Waals surface area contributed by atoms with Crippen molar-refractivity contribution in [1.29, 1.82) is 0 Å². The second kappa shape index (κ2) is 8.14. The lowest BCUT2D eigenvalue weighted by molar-refractivity contribution is 0.101. The summed E-state index contributed by atoms with van der Waals surface area (Å²) < 4.78 is 37.7. The quantitative estimate of drug-likeness (QED) is 0.634. The second-order valence-corrected chi connectivity index (χ2v) is 7.60. The Bertz CT molecular complexity index is 1050. The Labute approximate surface area is 164 Å². The van der Waals surface area contributed by atoms with Crippen molar-refractivity contribution >= 4 is 21.6 Å². The number of carbonyl (C=O) groups is 1. The van der Waals surface area contributed by atoms with E-state index in [1.807, 2.05) is 0 Å². The first kappa shape index (κ1) is 19.4. The molecule has 0 heterocycles. The normalized spacial score (nSPS) is 10.9. The van der Waals surface area contributed by atoms with E-state index in [1.54, 1.807) is 42.5 Å². The highest BCUT2D eigenvalue weighted by atomic mass is 32.2. The van der Waals surface area contributed by atoms with E-state index in [4.69, 9.17) is 9.47 Å². The molecule has 3 rings (SSSR count). The zero-order valence-electron chi connectivity index (χ0n) is 15.4. The topological polar surface area (TPSA) is 72.9 Å². The van der Waals surface area contributed by atoms with Gasteiger partial charge < -0.3 is 9.47 Å². The number of sulfonamides is 1. The third-order valence-corrected chi connectivity index (χ3v) is 5.84. The average molecular weight is 397 g/mol. The Balaban J connectivity index is 2.12. The molecule has 0 aromatic heterocycles. The summed E-state index contributed by atoms with van der Waals surface area (Å²) in [5.41, 5.74) is 0.473. The first-order valence-corrected chi connectivity index (χ1v) is 9.84. The van der Waals surface area contributed by atoms with Gasteiger partial charge in [0.2, 0.25) is 0 Å². The van der Waals surface area contributed by atoms with Gasteiger partial charge in [0.05, 0.1) is 24.8 Å². The molecular formula is C21H19NO5S. The van der Waals surface area contributed by atoms with Crippen molar-refractivity contribution in [3.63, 3.8) is 0 Å². The predicted octanol–water partition coefficient (Wildman–Crippen LogP) is 3.74. The van der Waals surface area contributed by atoms with Gasteiger partial charge in [-0.15, -0.1) is 0 Å². The van der Waals surface area contributed by atoms with Gasteiger partial charge in [-0.1, -0.05) is 18.2 Å². The largest absolute Gasteiger partial charge is 0.497 e. The number of methoxy groups -OCH3 is 2. The van der Waals surface area contributed by atoms with Gasteiger partial charge in [-0.3, -0.25) is 4.79 Å². The number of benzene rings is 3. The molecule has 0 atom stereocenters. The maximum Gasteiger partial charge on any atom is 0.272 e. The van der Waals surface area contributed by atoms with Gasteiger partial charge in [-0.25, -0.2) is 8.42 Å². The predicted molar refractivity (Wildman–Crippen MR) is 106 cm³/mol. The van der Waals surface area contributed by atoms with Gasteiger partial charge in [0, 0.05) is 5.56 Å². The summed E-state index contributed by atoms with van der Waals surface area (Å²) in [7, 11) is -1.16. The summed E-state index contributed by atoms with van der Waals surface area (Å²) in [6.45, 7) is 0. The van der Waals surface area contributed by atoms with Crippen molar-refractivity contribution in [2.45, 2.75) is 4.90 Å². The van der Waals surface area contributed by atoms with Crippen molar-refractivity contribution in [3.05, 3.63) is 84.4 Å². The van der Waals surface area contributed by atoms with Gasteiger partial charge in [0.15, 0.2) is 0 Å². The molecule has 3 aromatic rings. The van der Waals surface area contributed by atoms with E-state index in [0.717, 1.165) is 4.31 Å². The number of hydrogen-bond acceptors (Lipinski definition) is 5. The SMILES string of the molecule is COc1ccc(N(C(=O)c2ccccc2)S(=O)(=O)c2ccc(OC)cc2)cc1. The first-order chi connectivity index (χ1) is 13.5. The molecular weight excluding hydrogens is 378 g/mol. The van der Waals surface area contributed by atoms with Gasteiger partial charge in [0.1, 0.15) is 11.5 Å². The standard InChI is InChI=1S/C21H19NO5S/c1-26-18-10-8-17(9-11-18)22(21(23)16-6-4-3-5-7-16)28(24,25)20-14-12-19(27-2)13-15-20/h3-15H,1-2H3. The molecule has 0 spiro atoms. The van der Waals surface area contributed by atoms with E-state index in [1.165, 1.54) is 50.6 Å². The molecule has 144 valence electrons. The first-order valence-electron chi connectivity index (χ1n) is 8.40. The number of carbonyl (C=O) groups excluding carboxylic acids is 1. The monoisotopic (exact) mass is 397 g/mol. The molecule has 28 heavy (non-hydrogen) atoms. The molecule has 0 N–H and O–H groups in total. The summed E-state index contributed by atoms with van der Waals surface area (Å²) >= 11 is 0. The molecule has 0 aliphatic carbocycles. The molecule has 1 amide bonds. The average Bonchev–Trinajstić information content (AvgIpc) is 2.75. The second-order valence-electron chi connectivity index (χ2n) is 5.81. The highest BCUT2D eigenvalue weighted by Gasteiger charge is 2.31. The van der Waals surface area contributed by atoms with Gasteiger partial charge in [-0.05, 0) is 60.7 Å². The number of ether oxygens (including phenoxy) is 2. The molecule has 0 fully saturated rings. The fourth-order valence-corrected chi connectivity index (χ4v) is 4.05. The third-order valence-electron chi connectivity index (χ3n) is 4.11. The molecule has 0 bridgehead atoms. The Morgan fingerprint density at radius 1 is 0.750 bits per heavy atom. The van der Waals surface area contributed by atoms with E-state index < -0.39 is 15.9 Å². The molecule has 0 saturated heterocycles. The van der Waals surface area contributed by atoms with Crippen LogP contribution in [0.2, 0.25) is 0 Å². The Kier molecular flexibility index (Phi) is 5.65.